The summed E-state index contributed by atoms with van der Waals surface area (Å²) in [6.07, 6.45) is -0.707. The first kappa shape index (κ1) is 15.9. The number of halogens is 1. The minimum absolute atomic E-state index is 0.0719. The second-order valence-corrected chi connectivity index (χ2v) is 6.31. The standard InChI is InChI=1S/C21H16ClNO2/c22-16-13-11-15(12-14-16)19-20(25-19)21(24)23(17-7-3-1-4-8-17)18-9-5-2-6-10-18/h1-14,19-20H/t19-,20-/m1/s1. The Balaban J connectivity index is 1.62. The van der Waals surface area contributed by atoms with E-state index in [1.807, 2.05) is 84.9 Å². The predicted octanol–water partition coefficient (Wildman–Crippen LogP) is 5.14. The molecule has 25 heavy (non-hydrogen) atoms. The lowest BCUT2D eigenvalue weighted by molar-refractivity contribution is -0.119. The molecule has 1 amide bonds. The van der Waals surface area contributed by atoms with Gasteiger partial charge < -0.3 is 4.74 Å². The van der Waals surface area contributed by atoms with Gasteiger partial charge in [0.15, 0.2) is 6.10 Å². The molecule has 0 radical (unpaired) electrons. The Morgan fingerprint density at radius 3 is 1.84 bits per heavy atom. The van der Waals surface area contributed by atoms with Crippen molar-refractivity contribution in [2.75, 3.05) is 4.90 Å². The van der Waals surface area contributed by atoms with Gasteiger partial charge in [-0.2, -0.15) is 0 Å². The third kappa shape index (κ3) is 3.29. The van der Waals surface area contributed by atoms with Gasteiger partial charge in [-0.1, -0.05) is 60.1 Å². The van der Waals surface area contributed by atoms with E-state index in [4.69, 9.17) is 16.3 Å². The van der Waals surface area contributed by atoms with Crippen LogP contribution in [0.2, 0.25) is 5.02 Å². The molecule has 3 aromatic rings. The molecule has 0 bridgehead atoms. The van der Waals surface area contributed by atoms with Gasteiger partial charge >= 0.3 is 0 Å². The van der Waals surface area contributed by atoms with Gasteiger partial charge in [0.25, 0.3) is 5.91 Å². The number of para-hydroxylation sites is 2. The summed E-state index contributed by atoms with van der Waals surface area (Å²) in [6.45, 7) is 0. The van der Waals surface area contributed by atoms with Crippen LogP contribution in [0.4, 0.5) is 11.4 Å². The van der Waals surface area contributed by atoms with Gasteiger partial charge in [0.2, 0.25) is 0 Å². The van der Waals surface area contributed by atoms with Crippen molar-refractivity contribution in [3.63, 3.8) is 0 Å². The second kappa shape index (κ2) is 6.71. The van der Waals surface area contributed by atoms with Gasteiger partial charge in [0.1, 0.15) is 6.10 Å². The Bertz CT molecular complexity index is 826. The van der Waals surface area contributed by atoms with Gasteiger partial charge in [-0.25, -0.2) is 0 Å². The van der Waals surface area contributed by atoms with E-state index in [-0.39, 0.29) is 12.0 Å². The molecule has 124 valence electrons. The summed E-state index contributed by atoms with van der Waals surface area (Å²) in [5.74, 6) is -0.0719. The molecule has 4 rings (SSSR count). The van der Waals surface area contributed by atoms with Crippen molar-refractivity contribution in [2.45, 2.75) is 12.2 Å². The van der Waals surface area contributed by atoms with E-state index in [0.29, 0.717) is 5.02 Å². The predicted molar refractivity (Wildman–Crippen MR) is 99.1 cm³/mol. The normalized spacial score (nSPS) is 18.6. The van der Waals surface area contributed by atoms with Gasteiger partial charge in [-0.3, -0.25) is 9.69 Å². The largest absolute Gasteiger partial charge is 0.354 e. The van der Waals surface area contributed by atoms with Crippen LogP contribution in [-0.2, 0) is 9.53 Å². The van der Waals surface area contributed by atoms with Crippen molar-refractivity contribution in [3.8, 4) is 0 Å². The molecule has 0 unspecified atom stereocenters. The summed E-state index contributed by atoms with van der Waals surface area (Å²) in [5, 5.41) is 0.669. The molecule has 0 spiro atoms. The van der Waals surface area contributed by atoms with E-state index < -0.39 is 6.10 Å². The van der Waals surface area contributed by atoms with Crippen LogP contribution >= 0.6 is 11.6 Å². The zero-order valence-corrected chi connectivity index (χ0v) is 14.1. The van der Waals surface area contributed by atoms with Crippen molar-refractivity contribution in [3.05, 3.63) is 95.5 Å². The van der Waals surface area contributed by atoms with Crippen LogP contribution in [0.1, 0.15) is 11.7 Å². The summed E-state index contributed by atoms with van der Waals surface area (Å²) in [5.41, 5.74) is 2.61. The minimum Gasteiger partial charge on any atom is -0.354 e. The molecule has 1 aliphatic heterocycles. The first-order chi connectivity index (χ1) is 12.2. The van der Waals surface area contributed by atoms with E-state index in [9.17, 15) is 4.79 Å². The Kier molecular flexibility index (Phi) is 4.26. The lowest BCUT2D eigenvalue weighted by Crippen LogP contribution is -2.30. The molecule has 0 aliphatic carbocycles. The van der Waals surface area contributed by atoms with Crippen molar-refractivity contribution < 1.29 is 9.53 Å². The number of amides is 1. The molecule has 4 heteroatoms. The van der Waals surface area contributed by atoms with Crippen LogP contribution < -0.4 is 4.90 Å². The van der Waals surface area contributed by atoms with Gasteiger partial charge in [0, 0.05) is 16.4 Å². The Morgan fingerprint density at radius 2 is 1.32 bits per heavy atom. The number of nitrogens with zero attached hydrogens (tertiary/aromatic N) is 1. The molecule has 1 heterocycles. The summed E-state index contributed by atoms with van der Waals surface area (Å²) < 4.78 is 5.69. The minimum atomic E-state index is -0.485. The smallest absolute Gasteiger partial charge is 0.263 e. The fraction of sp³-hybridized carbons (Fsp3) is 0.0952. The van der Waals surface area contributed by atoms with E-state index in [2.05, 4.69) is 0 Å². The van der Waals surface area contributed by atoms with Crippen LogP contribution in [0.5, 0.6) is 0 Å². The maximum absolute atomic E-state index is 13.1. The molecule has 2 atom stereocenters. The van der Waals surface area contributed by atoms with E-state index >= 15 is 0 Å². The van der Waals surface area contributed by atoms with Crippen LogP contribution in [0.15, 0.2) is 84.9 Å². The molecular formula is C21H16ClNO2. The highest BCUT2D eigenvalue weighted by molar-refractivity contribution is 6.30. The third-order valence-electron chi connectivity index (χ3n) is 4.18. The summed E-state index contributed by atoms with van der Waals surface area (Å²) in [4.78, 5) is 14.8. The Hall–Kier alpha value is -2.62. The lowest BCUT2D eigenvalue weighted by atomic mass is 10.1. The van der Waals surface area contributed by atoms with Crippen molar-refractivity contribution in [1.29, 1.82) is 0 Å². The molecule has 0 N–H and O–H groups in total. The highest BCUT2D eigenvalue weighted by Gasteiger charge is 2.48. The summed E-state index contributed by atoms with van der Waals surface area (Å²) >= 11 is 5.93. The molecule has 0 saturated carbocycles. The average molecular weight is 350 g/mol. The molecule has 3 nitrogen and oxygen atoms in total. The Labute approximate surface area is 151 Å². The Morgan fingerprint density at radius 1 is 0.800 bits per heavy atom. The topological polar surface area (TPSA) is 32.8 Å². The number of ether oxygens (including phenoxy) is 1. The highest BCUT2D eigenvalue weighted by atomic mass is 35.5. The number of rotatable bonds is 4. The van der Waals surface area contributed by atoms with Crippen LogP contribution in [0.25, 0.3) is 0 Å². The highest BCUT2D eigenvalue weighted by Crippen LogP contribution is 2.42. The fourth-order valence-electron chi connectivity index (χ4n) is 2.89. The monoisotopic (exact) mass is 349 g/mol. The first-order valence-corrected chi connectivity index (χ1v) is 8.47. The zero-order chi connectivity index (χ0) is 17.2. The third-order valence-corrected chi connectivity index (χ3v) is 4.43. The zero-order valence-electron chi connectivity index (χ0n) is 13.4. The molecule has 1 saturated heterocycles. The molecule has 1 fully saturated rings. The van der Waals surface area contributed by atoms with Crippen LogP contribution in [0.3, 0.4) is 0 Å². The SMILES string of the molecule is O=C([C@@H]1O[C@@H]1c1ccc(Cl)cc1)N(c1ccccc1)c1ccccc1. The van der Waals surface area contributed by atoms with Crippen molar-refractivity contribution >= 4 is 28.9 Å². The maximum atomic E-state index is 13.1. The summed E-state index contributed by atoms with van der Waals surface area (Å²) in [6, 6.07) is 26.6. The molecule has 1 aliphatic rings. The van der Waals surface area contributed by atoms with Crippen LogP contribution in [0, 0.1) is 0 Å². The van der Waals surface area contributed by atoms with E-state index in [0.717, 1.165) is 16.9 Å². The first-order valence-electron chi connectivity index (χ1n) is 8.09. The molecule has 3 aromatic carbocycles. The van der Waals surface area contributed by atoms with Gasteiger partial charge in [0.05, 0.1) is 0 Å². The number of anilines is 2. The van der Waals surface area contributed by atoms with E-state index in [1.54, 1.807) is 4.90 Å². The number of epoxide rings is 1. The van der Waals surface area contributed by atoms with E-state index in [1.165, 1.54) is 0 Å². The number of carbonyl (C=O) groups is 1. The van der Waals surface area contributed by atoms with Gasteiger partial charge in [-0.15, -0.1) is 0 Å². The van der Waals surface area contributed by atoms with Crippen LogP contribution in [-0.4, -0.2) is 12.0 Å². The maximum Gasteiger partial charge on any atom is 0.263 e. The number of hydrogen-bond acceptors (Lipinski definition) is 2. The quantitative estimate of drug-likeness (QED) is 0.610. The fourth-order valence-corrected chi connectivity index (χ4v) is 3.02. The van der Waals surface area contributed by atoms with Crippen molar-refractivity contribution in [1.82, 2.24) is 0 Å². The molecular weight excluding hydrogens is 334 g/mol. The number of hydrogen-bond donors (Lipinski definition) is 0. The lowest BCUT2D eigenvalue weighted by Gasteiger charge is -2.22. The summed E-state index contributed by atoms with van der Waals surface area (Å²) in [7, 11) is 0. The second-order valence-electron chi connectivity index (χ2n) is 5.87. The van der Waals surface area contributed by atoms with Crippen molar-refractivity contribution in [2.24, 2.45) is 0 Å². The number of carbonyl (C=O) groups excluding carboxylic acids is 1. The molecule has 0 aromatic heterocycles. The number of benzene rings is 3. The van der Waals surface area contributed by atoms with Gasteiger partial charge in [-0.05, 0) is 42.0 Å². The average Bonchev–Trinajstić information content (AvgIpc) is 3.45.